The molecular formula is C11H11FS. The van der Waals surface area contributed by atoms with Gasteiger partial charge in [0.25, 0.3) is 0 Å². The minimum absolute atomic E-state index is 0.278. The maximum Gasteiger partial charge on any atom is 0.0818 e. The molecule has 68 valence electrons. The van der Waals surface area contributed by atoms with Gasteiger partial charge >= 0.3 is 0 Å². The lowest BCUT2D eigenvalue weighted by Gasteiger charge is -1.97. The highest BCUT2D eigenvalue weighted by atomic mass is 32.2. The molecule has 0 nitrogen and oxygen atoms in total. The summed E-state index contributed by atoms with van der Waals surface area (Å²) >= 11 is 0.278. The van der Waals surface area contributed by atoms with Crippen molar-refractivity contribution in [2.75, 3.05) is 0 Å². The van der Waals surface area contributed by atoms with Gasteiger partial charge in [-0.1, -0.05) is 42.5 Å². The van der Waals surface area contributed by atoms with Crippen LogP contribution in [0.5, 0.6) is 0 Å². The zero-order valence-corrected chi connectivity index (χ0v) is 8.22. The molecule has 0 spiro atoms. The van der Waals surface area contributed by atoms with Crippen molar-refractivity contribution in [3.8, 4) is 0 Å². The van der Waals surface area contributed by atoms with Crippen LogP contribution in [0.3, 0.4) is 0 Å². The molecule has 0 bridgehead atoms. The maximum atomic E-state index is 12.4. The summed E-state index contributed by atoms with van der Waals surface area (Å²) in [7, 11) is 0. The Bertz CT molecular complexity index is 316. The van der Waals surface area contributed by atoms with E-state index in [-0.39, 0.29) is 12.1 Å². The van der Waals surface area contributed by atoms with Gasteiger partial charge in [0.05, 0.1) is 12.1 Å². The van der Waals surface area contributed by atoms with Gasteiger partial charge < -0.3 is 0 Å². The summed E-state index contributed by atoms with van der Waals surface area (Å²) in [5.74, 6) is 0. The predicted octanol–water partition coefficient (Wildman–Crippen LogP) is 4.25. The molecule has 0 heterocycles. The monoisotopic (exact) mass is 194 g/mol. The average molecular weight is 194 g/mol. The molecule has 1 rings (SSSR count). The van der Waals surface area contributed by atoms with E-state index in [1.165, 1.54) is 0 Å². The molecule has 2 heteroatoms. The van der Waals surface area contributed by atoms with E-state index >= 15 is 0 Å². The summed E-state index contributed by atoms with van der Waals surface area (Å²) in [5.41, 5.74) is 0.910. The molecular weight excluding hydrogens is 183 g/mol. The van der Waals surface area contributed by atoms with Crippen LogP contribution in [-0.2, 0) is 0 Å². The second kappa shape index (κ2) is 5.60. The molecule has 0 aromatic heterocycles. The molecule has 0 unspecified atom stereocenters. The fourth-order valence-electron chi connectivity index (χ4n) is 0.959. The van der Waals surface area contributed by atoms with Crippen LogP contribution >= 0.6 is 12.1 Å². The van der Waals surface area contributed by atoms with E-state index in [1.54, 1.807) is 6.07 Å². The number of hydrogen-bond donors (Lipinski definition) is 0. The summed E-state index contributed by atoms with van der Waals surface area (Å²) in [4.78, 5) is 0.656. The third-order valence-electron chi connectivity index (χ3n) is 1.58. The van der Waals surface area contributed by atoms with E-state index in [4.69, 9.17) is 0 Å². The van der Waals surface area contributed by atoms with Gasteiger partial charge in [-0.15, -0.1) is 0 Å². The molecule has 13 heavy (non-hydrogen) atoms. The van der Waals surface area contributed by atoms with Crippen molar-refractivity contribution in [2.45, 2.75) is 11.8 Å². The Morgan fingerprint density at radius 3 is 2.69 bits per heavy atom. The van der Waals surface area contributed by atoms with Crippen LogP contribution in [0.15, 0.2) is 47.4 Å². The lowest BCUT2D eigenvalue weighted by Crippen LogP contribution is -1.74. The SMILES string of the molecule is C/C=C/C=C/c1ccccc1SF. The van der Waals surface area contributed by atoms with Gasteiger partial charge in [0.2, 0.25) is 0 Å². The Balaban J connectivity index is 2.86. The normalized spacial score (nSPS) is 11.5. The van der Waals surface area contributed by atoms with E-state index in [0.29, 0.717) is 4.90 Å². The van der Waals surface area contributed by atoms with Crippen molar-refractivity contribution in [1.29, 1.82) is 0 Å². The van der Waals surface area contributed by atoms with Crippen molar-refractivity contribution in [3.05, 3.63) is 48.1 Å². The number of halogens is 1. The molecule has 0 saturated carbocycles. The van der Waals surface area contributed by atoms with Crippen molar-refractivity contribution in [1.82, 2.24) is 0 Å². The van der Waals surface area contributed by atoms with Crippen LogP contribution in [0.1, 0.15) is 12.5 Å². The van der Waals surface area contributed by atoms with Crippen LogP contribution in [0.25, 0.3) is 6.08 Å². The van der Waals surface area contributed by atoms with Crippen molar-refractivity contribution < 1.29 is 3.89 Å². The van der Waals surface area contributed by atoms with Gasteiger partial charge in [-0.3, -0.25) is 0 Å². The summed E-state index contributed by atoms with van der Waals surface area (Å²) in [6, 6.07) is 7.38. The first-order valence-corrected chi connectivity index (χ1v) is 4.77. The second-order valence-electron chi connectivity index (χ2n) is 2.50. The van der Waals surface area contributed by atoms with Gasteiger partial charge in [-0.25, -0.2) is 0 Å². The molecule has 0 aliphatic rings. The highest BCUT2D eigenvalue weighted by Crippen LogP contribution is 2.23. The topological polar surface area (TPSA) is 0 Å². The Morgan fingerprint density at radius 2 is 2.00 bits per heavy atom. The molecule has 0 N–H and O–H groups in total. The molecule has 1 aromatic carbocycles. The molecule has 0 fully saturated rings. The van der Waals surface area contributed by atoms with Crippen molar-refractivity contribution in [2.24, 2.45) is 0 Å². The quantitative estimate of drug-likeness (QED) is 0.648. The largest absolute Gasteiger partial charge is 0.160 e. The zero-order valence-electron chi connectivity index (χ0n) is 7.41. The Morgan fingerprint density at radius 1 is 1.23 bits per heavy atom. The third kappa shape index (κ3) is 3.07. The molecule has 0 aliphatic carbocycles. The van der Waals surface area contributed by atoms with Crippen molar-refractivity contribution in [3.63, 3.8) is 0 Å². The zero-order chi connectivity index (χ0) is 9.52. The lowest BCUT2D eigenvalue weighted by molar-refractivity contribution is 0.933. The summed E-state index contributed by atoms with van der Waals surface area (Å²) in [6.45, 7) is 1.94. The highest BCUT2D eigenvalue weighted by molar-refractivity contribution is 7.94. The van der Waals surface area contributed by atoms with E-state index in [0.717, 1.165) is 5.56 Å². The minimum atomic E-state index is 0.278. The minimum Gasteiger partial charge on any atom is -0.160 e. The molecule has 0 saturated heterocycles. The number of allylic oxidation sites excluding steroid dienone is 3. The Hall–Kier alpha value is -1.02. The van der Waals surface area contributed by atoms with Gasteiger partial charge in [-0.2, -0.15) is 3.89 Å². The predicted molar refractivity (Wildman–Crippen MR) is 57.3 cm³/mol. The standard InChI is InChI=1S/C11H11FS/c1-2-3-4-7-10-8-5-6-9-11(10)13-12/h2-9H,1H3/b3-2+,7-4+. The van der Waals surface area contributed by atoms with E-state index in [2.05, 4.69) is 0 Å². The summed E-state index contributed by atoms with van der Waals surface area (Å²) < 4.78 is 12.4. The van der Waals surface area contributed by atoms with Gasteiger partial charge in [0.1, 0.15) is 0 Å². The fourth-order valence-corrected chi connectivity index (χ4v) is 1.31. The number of rotatable bonds is 3. The molecule has 1 aromatic rings. The maximum absolute atomic E-state index is 12.4. The van der Waals surface area contributed by atoms with Gasteiger partial charge in [0, 0.05) is 4.90 Å². The first-order valence-electron chi connectivity index (χ1n) is 4.05. The molecule has 0 atom stereocenters. The Kier molecular flexibility index (Phi) is 4.33. The van der Waals surface area contributed by atoms with Crippen LogP contribution in [0.4, 0.5) is 3.89 Å². The third-order valence-corrected chi connectivity index (χ3v) is 2.12. The smallest absolute Gasteiger partial charge is 0.0818 e. The number of hydrogen-bond acceptors (Lipinski definition) is 1. The number of benzene rings is 1. The summed E-state index contributed by atoms with van der Waals surface area (Å²) in [5, 5.41) is 0. The second-order valence-corrected chi connectivity index (χ2v) is 3.09. The van der Waals surface area contributed by atoms with Crippen molar-refractivity contribution >= 4 is 18.2 Å². The highest BCUT2D eigenvalue weighted by Gasteiger charge is 1.96. The first kappa shape index (κ1) is 10.1. The van der Waals surface area contributed by atoms with E-state index in [9.17, 15) is 3.89 Å². The fraction of sp³-hybridized carbons (Fsp3) is 0.0909. The van der Waals surface area contributed by atoms with Gasteiger partial charge in [-0.05, 0) is 18.6 Å². The van der Waals surface area contributed by atoms with Crippen LogP contribution in [-0.4, -0.2) is 0 Å². The van der Waals surface area contributed by atoms with Crippen LogP contribution < -0.4 is 0 Å². The first-order chi connectivity index (χ1) is 6.38. The molecule has 0 aliphatic heterocycles. The lowest BCUT2D eigenvalue weighted by atomic mass is 10.2. The van der Waals surface area contributed by atoms with Crippen LogP contribution in [0.2, 0.25) is 0 Å². The molecule has 0 amide bonds. The summed E-state index contributed by atoms with van der Waals surface area (Å²) in [6.07, 6.45) is 7.64. The van der Waals surface area contributed by atoms with Gasteiger partial charge in [0.15, 0.2) is 0 Å². The van der Waals surface area contributed by atoms with E-state index in [1.807, 2.05) is 49.4 Å². The average Bonchev–Trinajstić information content (AvgIpc) is 2.19. The molecule has 0 radical (unpaired) electrons. The van der Waals surface area contributed by atoms with E-state index < -0.39 is 0 Å². The Labute approximate surface area is 82.5 Å². The van der Waals surface area contributed by atoms with Crippen LogP contribution in [0, 0.1) is 0 Å².